The fraction of sp³-hybridized carbons (Fsp3) is 0.929. The summed E-state index contributed by atoms with van der Waals surface area (Å²) in [6.45, 7) is 12.3. The molecule has 3 heteroatoms. The van der Waals surface area contributed by atoms with Crippen molar-refractivity contribution < 1.29 is 0 Å². The molecular formula is C14H27N3. The number of hydrogen-bond acceptors (Lipinski definition) is 3. The fourth-order valence-electron chi connectivity index (χ4n) is 2.58. The molecule has 0 aliphatic carbocycles. The molecule has 0 aromatic carbocycles. The quantitative estimate of drug-likeness (QED) is 0.816. The van der Waals surface area contributed by atoms with Crippen molar-refractivity contribution in [3.63, 3.8) is 0 Å². The topological polar surface area (TPSA) is 39.1 Å². The van der Waals surface area contributed by atoms with Gasteiger partial charge < -0.3 is 5.32 Å². The van der Waals surface area contributed by atoms with Crippen LogP contribution in [0.25, 0.3) is 0 Å². The minimum absolute atomic E-state index is 0.208. The SMILES string of the molecule is CC(C)CCN1C(CC#N)CNCCC1(C)C. The van der Waals surface area contributed by atoms with Crippen molar-refractivity contribution in [2.24, 2.45) is 5.92 Å². The van der Waals surface area contributed by atoms with Gasteiger partial charge in [0.05, 0.1) is 12.5 Å². The van der Waals surface area contributed by atoms with Crippen LogP contribution >= 0.6 is 0 Å². The molecule has 0 bridgehead atoms. The van der Waals surface area contributed by atoms with E-state index in [9.17, 15) is 0 Å². The van der Waals surface area contributed by atoms with Crippen LogP contribution in [0, 0.1) is 17.2 Å². The molecule has 1 aliphatic heterocycles. The number of nitriles is 1. The molecule has 0 aromatic heterocycles. The molecule has 1 N–H and O–H groups in total. The van der Waals surface area contributed by atoms with Crippen LogP contribution in [0.15, 0.2) is 0 Å². The van der Waals surface area contributed by atoms with Gasteiger partial charge in [0, 0.05) is 18.1 Å². The van der Waals surface area contributed by atoms with E-state index in [2.05, 4.69) is 44.0 Å². The van der Waals surface area contributed by atoms with Crippen molar-refractivity contribution in [3.05, 3.63) is 0 Å². The first kappa shape index (κ1) is 14.5. The zero-order valence-corrected chi connectivity index (χ0v) is 11.8. The minimum Gasteiger partial charge on any atom is -0.315 e. The molecule has 1 saturated heterocycles. The molecule has 1 aliphatic rings. The Morgan fingerprint density at radius 3 is 2.76 bits per heavy atom. The standard InChI is InChI=1S/C14H27N3/c1-12(2)6-10-17-13(5-8-15)11-16-9-7-14(17,3)4/h12-13,16H,5-7,9-11H2,1-4H3. The first-order chi connectivity index (χ1) is 7.97. The van der Waals surface area contributed by atoms with Crippen LogP contribution in [0.5, 0.6) is 0 Å². The van der Waals surface area contributed by atoms with Crippen LogP contribution < -0.4 is 5.32 Å². The normalized spacial score (nSPS) is 25.5. The van der Waals surface area contributed by atoms with Gasteiger partial charge in [0.1, 0.15) is 0 Å². The van der Waals surface area contributed by atoms with Crippen molar-refractivity contribution in [1.82, 2.24) is 10.2 Å². The van der Waals surface area contributed by atoms with E-state index in [0.717, 1.165) is 32.0 Å². The summed E-state index contributed by atoms with van der Waals surface area (Å²) in [5.74, 6) is 0.727. The molecule has 1 fully saturated rings. The second-order valence-corrected chi connectivity index (χ2v) is 6.16. The van der Waals surface area contributed by atoms with Gasteiger partial charge in [-0.05, 0) is 45.7 Å². The van der Waals surface area contributed by atoms with E-state index in [0.29, 0.717) is 12.5 Å². The van der Waals surface area contributed by atoms with Crippen molar-refractivity contribution in [3.8, 4) is 6.07 Å². The average molecular weight is 237 g/mol. The second kappa shape index (κ2) is 6.37. The van der Waals surface area contributed by atoms with E-state index < -0.39 is 0 Å². The lowest BCUT2D eigenvalue weighted by Crippen LogP contribution is -2.51. The van der Waals surface area contributed by atoms with Gasteiger partial charge in [-0.25, -0.2) is 0 Å². The maximum atomic E-state index is 8.97. The number of rotatable bonds is 4. The highest BCUT2D eigenvalue weighted by molar-refractivity contribution is 4.94. The molecule has 1 unspecified atom stereocenters. The predicted octanol–water partition coefficient (Wildman–Crippen LogP) is 2.39. The summed E-state index contributed by atoms with van der Waals surface area (Å²) in [7, 11) is 0. The van der Waals surface area contributed by atoms with Crippen LogP contribution in [-0.2, 0) is 0 Å². The lowest BCUT2D eigenvalue weighted by molar-refractivity contribution is 0.0741. The van der Waals surface area contributed by atoms with E-state index in [1.54, 1.807) is 0 Å². The van der Waals surface area contributed by atoms with E-state index in [1.807, 2.05) is 0 Å². The van der Waals surface area contributed by atoms with E-state index >= 15 is 0 Å². The Morgan fingerprint density at radius 2 is 2.18 bits per heavy atom. The lowest BCUT2D eigenvalue weighted by Gasteiger charge is -2.41. The van der Waals surface area contributed by atoms with Crippen molar-refractivity contribution in [2.75, 3.05) is 19.6 Å². The molecule has 0 aromatic rings. The van der Waals surface area contributed by atoms with E-state index in [4.69, 9.17) is 5.26 Å². The van der Waals surface area contributed by atoms with Crippen LogP contribution in [-0.4, -0.2) is 36.1 Å². The minimum atomic E-state index is 0.208. The Balaban J connectivity index is 2.74. The zero-order valence-electron chi connectivity index (χ0n) is 11.8. The summed E-state index contributed by atoms with van der Waals surface area (Å²) >= 11 is 0. The summed E-state index contributed by atoms with van der Waals surface area (Å²) in [6, 6.07) is 2.71. The summed E-state index contributed by atoms with van der Waals surface area (Å²) in [5.41, 5.74) is 0.208. The van der Waals surface area contributed by atoms with Crippen LogP contribution in [0.2, 0.25) is 0 Å². The molecule has 1 heterocycles. The molecule has 0 saturated carbocycles. The summed E-state index contributed by atoms with van der Waals surface area (Å²) < 4.78 is 0. The summed E-state index contributed by atoms with van der Waals surface area (Å²) in [5, 5.41) is 12.4. The highest BCUT2D eigenvalue weighted by Gasteiger charge is 2.33. The Morgan fingerprint density at radius 1 is 1.47 bits per heavy atom. The monoisotopic (exact) mass is 237 g/mol. The van der Waals surface area contributed by atoms with Crippen molar-refractivity contribution >= 4 is 0 Å². The molecule has 1 rings (SSSR count). The third kappa shape index (κ3) is 4.29. The van der Waals surface area contributed by atoms with Crippen molar-refractivity contribution in [2.45, 2.75) is 58.5 Å². The van der Waals surface area contributed by atoms with Crippen LogP contribution in [0.3, 0.4) is 0 Å². The van der Waals surface area contributed by atoms with E-state index in [1.165, 1.54) is 6.42 Å². The molecule has 1 atom stereocenters. The largest absolute Gasteiger partial charge is 0.315 e. The van der Waals surface area contributed by atoms with Crippen LogP contribution in [0.4, 0.5) is 0 Å². The maximum Gasteiger partial charge on any atom is 0.0638 e. The lowest BCUT2D eigenvalue weighted by atomic mass is 9.95. The van der Waals surface area contributed by atoms with Gasteiger partial charge >= 0.3 is 0 Å². The third-order valence-electron chi connectivity index (χ3n) is 3.79. The van der Waals surface area contributed by atoms with Gasteiger partial charge in [-0.3, -0.25) is 4.90 Å². The highest BCUT2D eigenvalue weighted by atomic mass is 15.2. The van der Waals surface area contributed by atoms with Gasteiger partial charge in [0.25, 0.3) is 0 Å². The van der Waals surface area contributed by atoms with Gasteiger partial charge in [-0.1, -0.05) is 13.8 Å². The molecule has 0 spiro atoms. The number of hydrogen-bond donors (Lipinski definition) is 1. The van der Waals surface area contributed by atoms with Gasteiger partial charge in [-0.15, -0.1) is 0 Å². The molecule has 0 radical (unpaired) electrons. The Kier molecular flexibility index (Phi) is 5.42. The molecule has 3 nitrogen and oxygen atoms in total. The van der Waals surface area contributed by atoms with Gasteiger partial charge in [0.2, 0.25) is 0 Å². The average Bonchev–Trinajstić information content (AvgIpc) is 2.36. The maximum absolute atomic E-state index is 8.97. The van der Waals surface area contributed by atoms with Crippen LogP contribution in [0.1, 0.15) is 47.0 Å². The summed E-state index contributed by atoms with van der Waals surface area (Å²) in [6.07, 6.45) is 3.01. The van der Waals surface area contributed by atoms with E-state index in [-0.39, 0.29) is 5.54 Å². The summed E-state index contributed by atoms with van der Waals surface area (Å²) in [4.78, 5) is 2.55. The number of nitrogens with zero attached hydrogens (tertiary/aromatic N) is 2. The fourth-order valence-corrected chi connectivity index (χ4v) is 2.58. The predicted molar refractivity (Wildman–Crippen MR) is 71.7 cm³/mol. The number of nitrogens with one attached hydrogen (secondary N) is 1. The molecule has 17 heavy (non-hydrogen) atoms. The Bertz CT molecular complexity index is 265. The second-order valence-electron chi connectivity index (χ2n) is 6.16. The highest BCUT2D eigenvalue weighted by Crippen LogP contribution is 2.25. The van der Waals surface area contributed by atoms with Gasteiger partial charge in [0.15, 0.2) is 0 Å². The molecule has 98 valence electrons. The van der Waals surface area contributed by atoms with Gasteiger partial charge in [-0.2, -0.15) is 5.26 Å². The Hall–Kier alpha value is -0.590. The molecule has 0 amide bonds. The Labute approximate surface area is 106 Å². The zero-order chi connectivity index (χ0) is 12.9. The van der Waals surface area contributed by atoms with Crippen molar-refractivity contribution in [1.29, 1.82) is 5.26 Å². The third-order valence-corrected chi connectivity index (χ3v) is 3.79. The smallest absolute Gasteiger partial charge is 0.0638 e. The first-order valence-electron chi connectivity index (χ1n) is 6.82. The first-order valence-corrected chi connectivity index (χ1v) is 6.82. The molecular weight excluding hydrogens is 210 g/mol.